The molecule has 0 bridgehead atoms. The molecule has 0 atom stereocenters. The second kappa shape index (κ2) is 27.4. The van der Waals surface area contributed by atoms with Crippen LogP contribution in [0.15, 0.2) is 24.3 Å². The van der Waals surface area contributed by atoms with Crippen LogP contribution in [0.1, 0.15) is 140 Å². The highest BCUT2D eigenvalue weighted by Gasteiger charge is 2.36. The minimum Gasteiger partial charge on any atom is -0.322 e. The fraction of sp³-hybridized carbons (Fsp3) is 0.854. The molecule has 0 aliphatic carbocycles. The number of unbranched alkanes of at least 4 members (excludes halogenated alkanes) is 4. The van der Waals surface area contributed by atoms with Gasteiger partial charge in [-0.15, -0.1) is 5.10 Å². The van der Waals surface area contributed by atoms with Crippen LogP contribution in [0.3, 0.4) is 0 Å². The van der Waals surface area contributed by atoms with Crippen LogP contribution >= 0.6 is 34.2 Å². The van der Waals surface area contributed by atoms with Crippen molar-refractivity contribution in [2.75, 3.05) is 64.4 Å². The molecule has 0 saturated carbocycles. The fourth-order valence-corrected chi connectivity index (χ4v) is 15.5. The van der Waals surface area contributed by atoms with Gasteiger partial charge in [-0.25, -0.2) is 4.68 Å². The lowest BCUT2D eigenvalue weighted by Gasteiger charge is -2.45. The summed E-state index contributed by atoms with van der Waals surface area (Å²) in [5.41, 5.74) is -2.71. The van der Waals surface area contributed by atoms with E-state index in [0.717, 1.165) is 101 Å². The summed E-state index contributed by atoms with van der Waals surface area (Å²) < 4.78 is 27.3. The van der Waals surface area contributed by atoms with Gasteiger partial charge in [-0.1, -0.05) is 128 Å². The molecular formula is C41H80N6O4P2S4. The third-order valence-electron chi connectivity index (χ3n) is 9.45. The summed E-state index contributed by atoms with van der Waals surface area (Å²) in [7, 11) is 0. The summed E-state index contributed by atoms with van der Waals surface area (Å²) >= 11 is 15.5. The molecule has 0 fully saturated rings. The molecule has 0 spiro atoms. The van der Waals surface area contributed by atoms with Gasteiger partial charge in [0, 0.05) is 31.7 Å². The molecule has 16 heteroatoms. The number of benzene rings is 1. The van der Waals surface area contributed by atoms with Crippen LogP contribution in [0, 0.1) is 10.8 Å². The number of hydrogen-bond acceptors (Lipinski definition) is 13. The smallest absolute Gasteiger partial charge is 0.248 e. The molecule has 0 unspecified atom stereocenters. The van der Waals surface area contributed by atoms with Crippen molar-refractivity contribution in [1.82, 2.24) is 30.1 Å². The molecule has 2 rings (SSSR count). The Bertz CT molecular complexity index is 1410. The van der Waals surface area contributed by atoms with Crippen LogP contribution < -0.4 is 5.32 Å². The van der Waals surface area contributed by atoms with Gasteiger partial charge < -0.3 is 23.4 Å². The maximum Gasteiger partial charge on any atom is 0.248 e. The molecule has 0 radical (unpaired) electrons. The van der Waals surface area contributed by atoms with Crippen molar-refractivity contribution in [3.05, 3.63) is 24.3 Å². The molecule has 2 aromatic rings. The predicted octanol–water partition coefficient (Wildman–Crippen LogP) is 12.3. The van der Waals surface area contributed by atoms with Crippen LogP contribution in [-0.2, 0) is 48.4 Å². The summed E-state index contributed by atoms with van der Waals surface area (Å²) in [6, 6.07) is 8.23. The van der Waals surface area contributed by atoms with Crippen molar-refractivity contribution in [2.24, 2.45) is 10.8 Å². The van der Waals surface area contributed by atoms with Gasteiger partial charge in [-0.05, 0) is 98.9 Å². The predicted molar refractivity (Wildman–Crippen MR) is 257 cm³/mol. The van der Waals surface area contributed by atoms with Crippen LogP contribution in [-0.4, -0.2) is 94.7 Å². The van der Waals surface area contributed by atoms with E-state index < -0.39 is 11.4 Å². The van der Waals surface area contributed by atoms with Gasteiger partial charge in [0.05, 0.1) is 50.4 Å². The van der Waals surface area contributed by atoms with Gasteiger partial charge in [-0.3, -0.25) is 9.80 Å². The molecule has 0 saturated heterocycles. The SMILES string of the molecule is CCCCOP(=S)(OCCCC)SCN(CCNCCN(Cn1nnc2ccccc21)C(C)(C)CC(C)(C)CC(C)(C)C)CSP(=S)(OCCCC)OCCCC. The van der Waals surface area contributed by atoms with Crippen LogP contribution in [0.4, 0.5) is 0 Å². The van der Waals surface area contributed by atoms with Gasteiger partial charge >= 0.3 is 0 Å². The van der Waals surface area contributed by atoms with E-state index in [1.54, 1.807) is 22.8 Å². The standard InChI is InChI=1S/C41H80N6O4P2S4/c1-12-16-28-48-52(54,49-29-17-13-2)56-35-45(36-57-53(55,50-30-18-14-3)51-31-19-15-4)26-24-42-25-27-46(34-47-38-23-21-20-22-37(38)43-44-47)41(10,11)33-40(8,9)32-39(5,6)7/h20-23,42H,12-19,24-36H2,1-11H3. The molecule has 1 aromatic carbocycles. The first-order valence-electron chi connectivity index (χ1n) is 21.4. The minimum atomic E-state index is -2.51. The molecule has 0 aliphatic heterocycles. The Labute approximate surface area is 367 Å². The monoisotopic (exact) mass is 910 g/mol. The van der Waals surface area contributed by atoms with Crippen LogP contribution in [0.2, 0.25) is 0 Å². The maximum absolute atomic E-state index is 6.31. The van der Waals surface area contributed by atoms with Gasteiger partial charge in [0.2, 0.25) is 11.4 Å². The van der Waals surface area contributed by atoms with E-state index in [1.807, 2.05) is 12.1 Å². The van der Waals surface area contributed by atoms with Gasteiger partial charge in [-0.2, -0.15) is 0 Å². The lowest BCUT2D eigenvalue weighted by Crippen LogP contribution is -2.50. The Morgan fingerprint density at radius 1 is 0.702 bits per heavy atom. The number of nitrogens with zero attached hydrogens (tertiary/aromatic N) is 5. The molecule has 57 heavy (non-hydrogen) atoms. The fourth-order valence-electron chi connectivity index (χ4n) is 7.08. The molecule has 1 N–H and O–H groups in total. The Hall–Kier alpha value is 0.340. The highest BCUT2D eigenvalue weighted by atomic mass is 32.9. The van der Waals surface area contributed by atoms with E-state index in [2.05, 4.69) is 118 Å². The van der Waals surface area contributed by atoms with Crippen molar-refractivity contribution < 1.29 is 18.1 Å². The molecule has 0 aliphatic rings. The van der Waals surface area contributed by atoms with E-state index in [4.69, 9.17) is 41.7 Å². The number of rotatable bonds is 34. The first kappa shape index (κ1) is 53.5. The van der Waals surface area contributed by atoms with E-state index in [9.17, 15) is 0 Å². The van der Waals surface area contributed by atoms with Gasteiger partial charge in [0.1, 0.15) is 5.52 Å². The second-order valence-electron chi connectivity index (χ2n) is 17.7. The van der Waals surface area contributed by atoms with Gasteiger partial charge in [0.15, 0.2) is 0 Å². The number of aromatic nitrogens is 3. The molecule has 332 valence electrons. The number of nitrogens with one attached hydrogen (secondary N) is 1. The normalized spacial score (nSPS) is 13.5. The molecular weight excluding hydrogens is 831 g/mol. The summed E-state index contributed by atoms with van der Waals surface area (Å²) in [5, 5.41) is 12.9. The van der Waals surface area contributed by atoms with Crippen molar-refractivity contribution in [3.63, 3.8) is 0 Å². The van der Waals surface area contributed by atoms with E-state index >= 15 is 0 Å². The Morgan fingerprint density at radius 2 is 1.18 bits per heavy atom. The first-order chi connectivity index (χ1) is 26.9. The maximum atomic E-state index is 6.31. The first-order valence-corrected chi connectivity index (χ1v) is 29.9. The molecule has 0 amide bonds. The van der Waals surface area contributed by atoms with E-state index in [0.29, 0.717) is 44.8 Å². The third kappa shape index (κ3) is 22.3. The second-order valence-corrected chi connectivity index (χ2v) is 30.2. The summed E-state index contributed by atoms with van der Waals surface area (Å²) in [5.74, 6) is 1.37. The van der Waals surface area contributed by atoms with Crippen LogP contribution in [0.25, 0.3) is 11.0 Å². The molecule has 1 heterocycles. The number of fused-ring (bicyclic) bond motifs is 1. The zero-order chi connectivity index (χ0) is 42.4. The number of para-hydroxylation sites is 1. The van der Waals surface area contributed by atoms with Crippen LogP contribution in [0.5, 0.6) is 0 Å². The van der Waals surface area contributed by atoms with Crippen molar-refractivity contribution in [2.45, 2.75) is 153 Å². The average Bonchev–Trinajstić information content (AvgIpc) is 3.53. The van der Waals surface area contributed by atoms with Gasteiger partial charge in [0.25, 0.3) is 0 Å². The zero-order valence-electron chi connectivity index (χ0n) is 37.6. The van der Waals surface area contributed by atoms with E-state index in [-0.39, 0.29) is 16.4 Å². The Morgan fingerprint density at radius 3 is 1.65 bits per heavy atom. The highest BCUT2D eigenvalue weighted by molar-refractivity contribution is 8.68. The number of hydrogen-bond donors (Lipinski definition) is 1. The Kier molecular flexibility index (Phi) is 25.7. The molecule has 10 nitrogen and oxygen atoms in total. The summed E-state index contributed by atoms with van der Waals surface area (Å²) in [6.07, 6.45) is 10.3. The zero-order valence-corrected chi connectivity index (χ0v) is 42.6. The molecule has 1 aromatic heterocycles. The lowest BCUT2D eigenvalue weighted by molar-refractivity contribution is 0.0303. The van der Waals surface area contributed by atoms with Crippen molar-refractivity contribution in [3.8, 4) is 0 Å². The Balaban J connectivity index is 2.23. The third-order valence-corrected chi connectivity index (χ3v) is 20.1. The van der Waals surface area contributed by atoms with Crippen molar-refractivity contribution in [1.29, 1.82) is 0 Å². The van der Waals surface area contributed by atoms with Crippen molar-refractivity contribution >= 4 is 68.8 Å². The minimum absolute atomic E-state index is 0.0825. The quantitative estimate of drug-likeness (QED) is 0.0411. The lowest BCUT2D eigenvalue weighted by atomic mass is 9.70. The highest BCUT2D eigenvalue weighted by Crippen LogP contribution is 2.63. The van der Waals surface area contributed by atoms with E-state index in [1.165, 1.54) is 0 Å². The summed E-state index contributed by atoms with van der Waals surface area (Å²) in [4.78, 5) is 4.98. The summed E-state index contributed by atoms with van der Waals surface area (Å²) in [6.45, 7) is 31.8. The average molecular weight is 911 g/mol. The largest absolute Gasteiger partial charge is 0.322 e. The topological polar surface area (TPSA) is 86.1 Å².